The molecule has 1 N–H and O–H groups in total. The van der Waals surface area contributed by atoms with Crippen molar-refractivity contribution in [3.63, 3.8) is 0 Å². The number of anilines is 1. The molecule has 0 atom stereocenters. The van der Waals surface area contributed by atoms with E-state index in [0.29, 0.717) is 18.4 Å². The van der Waals surface area contributed by atoms with Crippen molar-refractivity contribution in [2.24, 2.45) is 0 Å². The van der Waals surface area contributed by atoms with E-state index in [1.165, 1.54) is 12.8 Å². The van der Waals surface area contributed by atoms with E-state index in [4.69, 9.17) is 4.74 Å². The normalized spacial score (nSPS) is 14.4. The molecule has 0 radical (unpaired) electrons. The van der Waals surface area contributed by atoms with Gasteiger partial charge in [-0.15, -0.1) is 6.58 Å². The zero-order chi connectivity index (χ0) is 12.1. The van der Waals surface area contributed by atoms with E-state index in [1.54, 1.807) is 0 Å². The highest BCUT2D eigenvalue weighted by atomic mass is 16.5. The second-order valence-corrected chi connectivity index (χ2v) is 4.18. The van der Waals surface area contributed by atoms with Crippen LogP contribution in [0, 0.1) is 0 Å². The van der Waals surface area contributed by atoms with Gasteiger partial charge in [0.15, 0.2) is 0 Å². The summed E-state index contributed by atoms with van der Waals surface area (Å²) in [6.45, 7) is 7.20. The van der Waals surface area contributed by atoms with Gasteiger partial charge in [-0.05, 0) is 26.2 Å². The Kier molecular flexibility index (Phi) is 3.96. The predicted octanol–water partition coefficient (Wildman–Crippen LogP) is 2.74. The van der Waals surface area contributed by atoms with Gasteiger partial charge in [-0.3, -0.25) is 0 Å². The van der Waals surface area contributed by atoms with E-state index in [1.807, 2.05) is 12.1 Å². The lowest BCUT2D eigenvalue weighted by molar-refractivity contribution is 0.311. The van der Waals surface area contributed by atoms with Crippen LogP contribution >= 0.6 is 0 Å². The number of rotatable bonds is 7. The summed E-state index contributed by atoms with van der Waals surface area (Å²) in [6.07, 6.45) is 5.07. The first-order valence-corrected chi connectivity index (χ1v) is 6.20. The molecule has 0 unspecified atom stereocenters. The fraction of sp³-hybridized carbons (Fsp3) is 0.538. The lowest BCUT2D eigenvalue weighted by atomic mass is 10.4. The summed E-state index contributed by atoms with van der Waals surface area (Å²) in [6, 6.07) is 1.86. The topological polar surface area (TPSA) is 47.0 Å². The standard InChI is InChI=1S/C13H19N3O/c1-3-5-8-17-12-9-11(14-4-2)15-13(16-12)10-6-7-10/h3,9-10H,1,4-8H2,2H3,(H,14,15,16). The smallest absolute Gasteiger partial charge is 0.218 e. The van der Waals surface area contributed by atoms with E-state index in [2.05, 4.69) is 28.8 Å². The van der Waals surface area contributed by atoms with Gasteiger partial charge in [0, 0.05) is 18.5 Å². The van der Waals surface area contributed by atoms with Crippen LogP contribution in [-0.4, -0.2) is 23.1 Å². The average molecular weight is 233 g/mol. The Morgan fingerprint density at radius 1 is 1.53 bits per heavy atom. The molecule has 0 aliphatic heterocycles. The molecule has 1 heterocycles. The summed E-state index contributed by atoms with van der Waals surface area (Å²) < 4.78 is 5.59. The van der Waals surface area contributed by atoms with Gasteiger partial charge in [0.1, 0.15) is 11.6 Å². The Labute approximate surface area is 102 Å². The van der Waals surface area contributed by atoms with E-state index in [9.17, 15) is 0 Å². The number of hydrogen-bond acceptors (Lipinski definition) is 4. The quantitative estimate of drug-likeness (QED) is 0.581. The van der Waals surface area contributed by atoms with Crippen LogP contribution in [0.4, 0.5) is 5.82 Å². The minimum Gasteiger partial charge on any atom is -0.477 e. The lowest BCUT2D eigenvalue weighted by Crippen LogP contribution is -2.06. The van der Waals surface area contributed by atoms with Crippen LogP contribution in [0.25, 0.3) is 0 Å². The third-order valence-electron chi connectivity index (χ3n) is 2.59. The zero-order valence-electron chi connectivity index (χ0n) is 10.3. The van der Waals surface area contributed by atoms with Gasteiger partial charge >= 0.3 is 0 Å². The van der Waals surface area contributed by atoms with E-state index in [-0.39, 0.29) is 0 Å². The maximum Gasteiger partial charge on any atom is 0.218 e. The van der Waals surface area contributed by atoms with Gasteiger partial charge in [0.25, 0.3) is 0 Å². The van der Waals surface area contributed by atoms with Crippen molar-refractivity contribution in [2.75, 3.05) is 18.5 Å². The molecule has 0 amide bonds. The molecule has 1 saturated carbocycles. The highest BCUT2D eigenvalue weighted by Crippen LogP contribution is 2.39. The first kappa shape index (κ1) is 11.9. The van der Waals surface area contributed by atoms with Crippen LogP contribution in [0.3, 0.4) is 0 Å². The number of aromatic nitrogens is 2. The Morgan fingerprint density at radius 3 is 3.00 bits per heavy atom. The van der Waals surface area contributed by atoms with E-state index >= 15 is 0 Å². The molecule has 0 aromatic carbocycles. The van der Waals surface area contributed by atoms with Gasteiger partial charge < -0.3 is 10.1 Å². The van der Waals surface area contributed by atoms with Gasteiger partial charge in [-0.1, -0.05) is 6.08 Å². The average Bonchev–Trinajstić information content (AvgIpc) is 3.13. The van der Waals surface area contributed by atoms with Gasteiger partial charge in [0.05, 0.1) is 6.61 Å². The molecular formula is C13H19N3O. The Balaban J connectivity index is 2.09. The SMILES string of the molecule is C=CCCOc1cc(NCC)nc(C2CC2)n1. The number of nitrogens with zero attached hydrogens (tertiary/aromatic N) is 2. The minimum absolute atomic E-state index is 0.537. The summed E-state index contributed by atoms with van der Waals surface area (Å²) in [7, 11) is 0. The molecule has 1 aliphatic carbocycles. The van der Waals surface area contributed by atoms with Crippen LogP contribution in [-0.2, 0) is 0 Å². The largest absolute Gasteiger partial charge is 0.477 e. The predicted molar refractivity (Wildman–Crippen MR) is 68.5 cm³/mol. The highest BCUT2D eigenvalue weighted by Gasteiger charge is 2.27. The van der Waals surface area contributed by atoms with Gasteiger partial charge in [-0.25, -0.2) is 4.98 Å². The summed E-state index contributed by atoms with van der Waals surface area (Å²) >= 11 is 0. The fourth-order valence-corrected chi connectivity index (χ4v) is 1.56. The number of nitrogens with one attached hydrogen (secondary N) is 1. The summed E-state index contributed by atoms with van der Waals surface area (Å²) in [5, 5.41) is 3.21. The molecule has 0 bridgehead atoms. The van der Waals surface area contributed by atoms with Crippen LogP contribution in [0.1, 0.15) is 37.9 Å². The Bertz CT molecular complexity index is 388. The molecule has 1 aliphatic rings. The lowest BCUT2D eigenvalue weighted by Gasteiger charge is -2.09. The third kappa shape index (κ3) is 3.44. The molecule has 1 fully saturated rings. The second-order valence-electron chi connectivity index (χ2n) is 4.18. The molecule has 17 heavy (non-hydrogen) atoms. The van der Waals surface area contributed by atoms with Crippen molar-refractivity contribution >= 4 is 5.82 Å². The van der Waals surface area contributed by atoms with Crippen molar-refractivity contribution in [1.82, 2.24) is 9.97 Å². The maximum absolute atomic E-state index is 5.59. The van der Waals surface area contributed by atoms with E-state index in [0.717, 1.165) is 24.6 Å². The van der Waals surface area contributed by atoms with E-state index < -0.39 is 0 Å². The van der Waals surface area contributed by atoms with Crippen molar-refractivity contribution in [2.45, 2.75) is 32.1 Å². The molecule has 1 aromatic heterocycles. The van der Waals surface area contributed by atoms with Gasteiger partial charge in [-0.2, -0.15) is 4.98 Å². The monoisotopic (exact) mass is 233 g/mol. The van der Waals surface area contributed by atoms with Crippen molar-refractivity contribution in [3.8, 4) is 5.88 Å². The fourth-order valence-electron chi connectivity index (χ4n) is 1.56. The molecule has 2 rings (SSSR count). The van der Waals surface area contributed by atoms with Crippen LogP contribution in [0.5, 0.6) is 5.88 Å². The van der Waals surface area contributed by atoms with Gasteiger partial charge in [0.2, 0.25) is 5.88 Å². The molecule has 92 valence electrons. The zero-order valence-corrected chi connectivity index (χ0v) is 10.3. The Hall–Kier alpha value is -1.58. The first-order valence-electron chi connectivity index (χ1n) is 6.20. The summed E-state index contributed by atoms with van der Waals surface area (Å²) in [4.78, 5) is 8.93. The molecule has 4 nitrogen and oxygen atoms in total. The minimum atomic E-state index is 0.537. The van der Waals surface area contributed by atoms with Crippen LogP contribution in [0.15, 0.2) is 18.7 Å². The Morgan fingerprint density at radius 2 is 2.35 bits per heavy atom. The molecule has 1 aromatic rings. The summed E-state index contributed by atoms with van der Waals surface area (Å²) in [5.41, 5.74) is 0. The number of hydrogen-bond donors (Lipinski definition) is 1. The third-order valence-corrected chi connectivity index (χ3v) is 2.59. The summed E-state index contributed by atoms with van der Waals surface area (Å²) in [5.74, 6) is 2.98. The van der Waals surface area contributed by atoms with Crippen molar-refractivity contribution in [1.29, 1.82) is 0 Å². The first-order chi connectivity index (χ1) is 8.33. The van der Waals surface area contributed by atoms with Crippen LogP contribution in [0.2, 0.25) is 0 Å². The number of ether oxygens (including phenoxy) is 1. The molecule has 0 spiro atoms. The molecule has 0 saturated heterocycles. The second kappa shape index (κ2) is 5.66. The highest BCUT2D eigenvalue weighted by molar-refractivity contribution is 5.39. The maximum atomic E-state index is 5.59. The molecule has 4 heteroatoms. The molecular weight excluding hydrogens is 214 g/mol. The van der Waals surface area contributed by atoms with Crippen molar-refractivity contribution < 1.29 is 4.74 Å². The van der Waals surface area contributed by atoms with Crippen molar-refractivity contribution in [3.05, 3.63) is 24.5 Å². The van der Waals surface area contributed by atoms with Crippen LogP contribution < -0.4 is 10.1 Å².